The van der Waals surface area contributed by atoms with Crippen LogP contribution >= 0.6 is 0 Å². The third kappa shape index (κ3) is 3.23. The fraction of sp³-hybridized carbons (Fsp3) is 0.389. The van der Waals surface area contributed by atoms with Gasteiger partial charge in [-0.15, -0.1) is 0 Å². The smallest absolute Gasteiger partial charge is 0.433 e. The lowest BCUT2D eigenvalue weighted by Gasteiger charge is -2.32. The van der Waals surface area contributed by atoms with Gasteiger partial charge in [0, 0.05) is 19.2 Å². The van der Waals surface area contributed by atoms with Crippen molar-refractivity contribution in [3.05, 3.63) is 47.7 Å². The normalized spacial score (nSPS) is 18.5. The zero-order valence-electron chi connectivity index (χ0n) is 14.1. The number of fused-ring (bicyclic) bond motifs is 1. The second kappa shape index (κ2) is 6.26. The first-order chi connectivity index (χ1) is 12.4. The largest absolute Gasteiger partial charge is 0.440 e. The Morgan fingerprint density at radius 2 is 1.96 bits per heavy atom. The molecule has 1 aromatic carbocycles. The zero-order valence-corrected chi connectivity index (χ0v) is 14.1. The Bertz CT molecular complexity index is 905. The van der Waals surface area contributed by atoms with Gasteiger partial charge < -0.3 is 9.32 Å². The highest BCUT2D eigenvalue weighted by molar-refractivity contribution is 5.72. The standard InChI is InChI=1S/C18H17F3N4O/c1-11-22-15(18(19,20)21)9-16(23-11)25-8-4-5-12(10-25)17-24-13-6-2-3-7-14(13)26-17/h2-3,6-7,9,12H,4-5,8,10H2,1H3. The van der Waals surface area contributed by atoms with Crippen LogP contribution in [0.4, 0.5) is 19.0 Å². The van der Waals surface area contributed by atoms with Crippen LogP contribution in [-0.4, -0.2) is 28.0 Å². The van der Waals surface area contributed by atoms with Crippen LogP contribution in [0.3, 0.4) is 0 Å². The molecule has 1 fully saturated rings. The molecule has 26 heavy (non-hydrogen) atoms. The molecule has 2 aromatic heterocycles. The van der Waals surface area contributed by atoms with E-state index in [9.17, 15) is 13.2 Å². The summed E-state index contributed by atoms with van der Waals surface area (Å²) in [6, 6.07) is 8.53. The van der Waals surface area contributed by atoms with Crippen LogP contribution in [0.5, 0.6) is 0 Å². The highest BCUT2D eigenvalue weighted by Crippen LogP contribution is 2.33. The molecule has 4 rings (SSSR count). The predicted molar refractivity (Wildman–Crippen MR) is 90.0 cm³/mol. The minimum atomic E-state index is -4.49. The molecule has 3 heterocycles. The number of nitrogens with zero attached hydrogens (tertiary/aromatic N) is 4. The fourth-order valence-electron chi connectivity index (χ4n) is 3.31. The molecule has 0 bridgehead atoms. The maximum atomic E-state index is 13.0. The Balaban J connectivity index is 1.61. The summed E-state index contributed by atoms with van der Waals surface area (Å²) in [5.74, 6) is 1.04. The summed E-state index contributed by atoms with van der Waals surface area (Å²) < 4.78 is 45.0. The number of hydrogen-bond donors (Lipinski definition) is 0. The van der Waals surface area contributed by atoms with Gasteiger partial charge in [0.25, 0.3) is 0 Å². The van der Waals surface area contributed by atoms with E-state index < -0.39 is 11.9 Å². The van der Waals surface area contributed by atoms with Crippen molar-refractivity contribution in [2.75, 3.05) is 18.0 Å². The molecular formula is C18H17F3N4O. The third-order valence-corrected chi connectivity index (χ3v) is 4.52. The summed E-state index contributed by atoms with van der Waals surface area (Å²) in [5.41, 5.74) is 0.595. The zero-order chi connectivity index (χ0) is 18.3. The van der Waals surface area contributed by atoms with E-state index in [4.69, 9.17) is 4.42 Å². The molecule has 136 valence electrons. The number of aryl methyl sites for hydroxylation is 1. The van der Waals surface area contributed by atoms with Crippen molar-refractivity contribution >= 4 is 16.9 Å². The number of oxazole rings is 1. The minimum Gasteiger partial charge on any atom is -0.440 e. The van der Waals surface area contributed by atoms with Gasteiger partial charge in [-0.05, 0) is 31.9 Å². The molecule has 0 N–H and O–H groups in total. The van der Waals surface area contributed by atoms with Gasteiger partial charge >= 0.3 is 6.18 Å². The van der Waals surface area contributed by atoms with Crippen LogP contribution < -0.4 is 4.90 Å². The van der Waals surface area contributed by atoms with Gasteiger partial charge in [-0.1, -0.05) is 12.1 Å². The molecule has 0 spiro atoms. The Hall–Kier alpha value is -2.64. The monoisotopic (exact) mass is 362 g/mol. The summed E-state index contributed by atoms with van der Waals surface area (Å²) in [4.78, 5) is 14.1. The first kappa shape index (κ1) is 16.8. The van der Waals surface area contributed by atoms with E-state index in [0.29, 0.717) is 24.8 Å². The van der Waals surface area contributed by atoms with Crippen LogP contribution in [-0.2, 0) is 6.18 Å². The topological polar surface area (TPSA) is 55.1 Å². The summed E-state index contributed by atoms with van der Waals surface area (Å²) in [6.45, 7) is 2.63. The van der Waals surface area contributed by atoms with Crippen LogP contribution in [0.25, 0.3) is 11.1 Å². The van der Waals surface area contributed by atoms with Crippen LogP contribution in [0.1, 0.15) is 36.2 Å². The van der Waals surface area contributed by atoms with Crippen molar-refractivity contribution in [3.8, 4) is 0 Å². The maximum absolute atomic E-state index is 13.0. The van der Waals surface area contributed by atoms with Gasteiger partial charge in [0.1, 0.15) is 22.9 Å². The molecule has 1 unspecified atom stereocenters. The average molecular weight is 362 g/mol. The quantitative estimate of drug-likeness (QED) is 0.679. The van der Waals surface area contributed by atoms with Crippen LogP contribution in [0, 0.1) is 6.92 Å². The molecule has 1 saturated heterocycles. The summed E-state index contributed by atoms with van der Waals surface area (Å²) >= 11 is 0. The van der Waals surface area contributed by atoms with Gasteiger partial charge in [0.15, 0.2) is 11.5 Å². The third-order valence-electron chi connectivity index (χ3n) is 4.52. The number of alkyl halides is 3. The summed E-state index contributed by atoms with van der Waals surface area (Å²) in [6.07, 6.45) is -2.79. The van der Waals surface area contributed by atoms with Gasteiger partial charge in [0.05, 0.1) is 5.92 Å². The van der Waals surface area contributed by atoms with Crippen LogP contribution in [0.2, 0.25) is 0 Å². The number of piperidine rings is 1. The SMILES string of the molecule is Cc1nc(N2CCCC(c3nc4ccccc4o3)C2)cc(C(F)(F)F)n1. The number of rotatable bonds is 2. The van der Waals surface area contributed by atoms with E-state index in [1.54, 1.807) is 0 Å². The van der Waals surface area contributed by atoms with E-state index in [1.165, 1.54) is 6.92 Å². The highest BCUT2D eigenvalue weighted by atomic mass is 19.4. The Kier molecular flexibility index (Phi) is 4.05. The van der Waals surface area contributed by atoms with E-state index in [0.717, 1.165) is 30.0 Å². The number of halogens is 3. The van der Waals surface area contributed by atoms with Crippen molar-refractivity contribution in [2.45, 2.75) is 31.9 Å². The second-order valence-electron chi connectivity index (χ2n) is 6.46. The van der Waals surface area contributed by atoms with E-state index in [2.05, 4.69) is 15.0 Å². The van der Waals surface area contributed by atoms with E-state index >= 15 is 0 Å². The number of anilines is 1. The van der Waals surface area contributed by atoms with Gasteiger partial charge in [0.2, 0.25) is 0 Å². The molecule has 5 nitrogen and oxygen atoms in total. The number of hydrogen-bond acceptors (Lipinski definition) is 5. The Labute approximate surface area is 147 Å². The molecule has 0 saturated carbocycles. The first-order valence-electron chi connectivity index (χ1n) is 8.43. The molecule has 8 heteroatoms. The van der Waals surface area contributed by atoms with E-state index in [-0.39, 0.29) is 11.7 Å². The molecule has 0 radical (unpaired) electrons. The van der Waals surface area contributed by atoms with E-state index in [1.807, 2.05) is 29.2 Å². The number of benzene rings is 1. The second-order valence-corrected chi connectivity index (χ2v) is 6.46. The molecular weight excluding hydrogens is 345 g/mol. The molecule has 0 aliphatic carbocycles. The molecule has 1 aliphatic heterocycles. The van der Waals surface area contributed by atoms with Crippen molar-refractivity contribution < 1.29 is 17.6 Å². The first-order valence-corrected chi connectivity index (χ1v) is 8.43. The van der Waals surface area contributed by atoms with Crippen molar-refractivity contribution in [2.24, 2.45) is 0 Å². The van der Waals surface area contributed by atoms with Crippen LogP contribution in [0.15, 0.2) is 34.7 Å². The summed E-state index contributed by atoms with van der Waals surface area (Å²) in [7, 11) is 0. The highest BCUT2D eigenvalue weighted by Gasteiger charge is 2.34. The predicted octanol–water partition coefficient (Wildman–Crippen LogP) is 4.33. The summed E-state index contributed by atoms with van der Waals surface area (Å²) in [5, 5.41) is 0. The fourth-order valence-corrected chi connectivity index (χ4v) is 3.31. The lowest BCUT2D eigenvalue weighted by molar-refractivity contribution is -0.141. The molecule has 0 amide bonds. The van der Waals surface area contributed by atoms with Gasteiger partial charge in [-0.3, -0.25) is 0 Å². The van der Waals surface area contributed by atoms with Gasteiger partial charge in [-0.2, -0.15) is 13.2 Å². The molecule has 1 aliphatic rings. The molecule has 1 atom stereocenters. The van der Waals surface area contributed by atoms with Crippen molar-refractivity contribution in [1.29, 1.82) is 0 Å². The minimum absolute atomic E-state index is 0.0146. The molecule has 3 aromatic rings. The number of para-hydroxylation sites is 2. The van der Waals surface area contributed by atoms with Crippen molar-refractivity contribution in [3.63, 3.8) is 0 Å². The van der Waals surface area contributed by atoms with Crippen molar-refractivity contribution in [1.82, 2.24) is 15.0 Å². The van der Waals surface area contributed by atoms with Gasteiger partial charge in [-0.25, -0.2) is 15.0 Å². The number of aromatic nitrogens is 3. The Morgan fingerprint density at radius 1 is 1.15 bits per heavy atom. The Morgan fingerprint density at radius 3 is 2.73 bits per heavy atom. The lowest BCUT2D eigenvalue weighted by atomic mass is 9.98. The average Bonchev–Trinajstić information content (AvgIpc) is 3.05. The maximum Gasteiger partial charge on any atom is 0.433 e. The lowest BCUT2D eigenvalue weighted by Crippen LogP contribution is -2.35.